The average Bonchev–Trinajstić information content (AvgIpc) is 2.37. The zero-order valence-electron chi connectivity index (χ0n) is 12.8. The number of aryl methyl sites for hydroxylation is 2. The summed E-state index contributed by atoms with van der Waals surface area (Å²) in [5, 5.41) is 6.03. The molecule has 1 aromatic carbocycles. The Kier molecular flexibility index (Phi) is 4.52. The van der Waals surface area contributed by atoms with Gasteiger partial charge in [0.2, 0.25) is 0 Å². The number of benzene rings is 1. The summed E-state index contributed by atoms with van der Waals surface area (Å²) in [5.41, 5.74) is 2.20. The molecule has 0 aliphatic rings. The Morgan fingerprint density at radius 3 is 2.57 bits per heavy atom. The molecule has 5 nitrogen and oxygen atoms in total. The smallest absolute Gasteiger partial charge is 0.274 e. The van der Waals surface area contributed by atoms with Gasteiger partial charge in [-0.25, -0.2) is 9.97 Å². The van der Waals surface area contributed by atoms with E-state index in [1.807, 2.05) is 45.0 Å². The first-order valence-corrected chi connectivity index (χ1v) is 6.94. The number of rotatable bonds is 4. The molecule has 1 aromatic heterocycles. The molecule has 5 heteroatoms. The number of nitrogens with zero attached hydrogens (tertiary/aromatic N) is 2. The minimum atomic E-state index is -0.238. The molecule has 0 aliphatic heterocycles. The molecule has 0 saturated heterocycles. The van der Waals surface area contributed by atoms with Crippen LogP contribution >= 0.6 is 0 Å². The fourth-order valence-electron chi connectivity index (χ4n) is 1.97. The summed E-state index contributed by atoms with van der Waals surface area (Å²) in [6.07, 6.45) is 0. The van der Waals surface area contributed by atoms with Crippen molar-refractivity contribution < 1.29 is 4.79 Å². The minimum absolute atomic E-state index is 0.238. The van der Waals surface area contributed by atoms with Crippen molar-refractivity contribution in [2.75, 3.05) is 10.6 Å². The molecule has 0 aliphatic carbocycles. The van der Waals surface area contributed by atoms with Gasteiger partial charge in [0.05, 0.1) is 0 Å². The number of carbonyl (C=O) groups excluding carboxylic acids is 1. The van der Waals surface area contributed by atoms with Crippen LogP contribution in [0, 0.1) is 13.8 Å². The number of nitrogens with one attached hydrogen (secondary N) is 2. The van der Waals surface area contributed by atoms with E-state index < -0.39 is 0 Å². The van der Waals surface area contributed by atoms with Gasteiger partial charge in [-0.1, -0.05) is 12.1 Å². The van der Waals surface area contributed by atoms with Gasteiger partial charge >= 0.3 is 0 Å². The molecule has 0 unspecified atom stereocenters. The third-order valence-corrected chi connectivity index (χ3v) is 2.78. The molecule has 0 saturated carbocycles. The van der Waals surface area contributed by atoms with Crippen molar-refractivity contribution >= 4 is 17.4 Å². The van der Waals surface area contributed by atoms with Crippen LogP contribution in [0.25, 0.3) is 0 Å². The third-order valence-electron chi connectivity index (χ3n) is 2.78. The van der Waals surface area contributed by atoms with E-state index in [1.54, 1.807) is 13.0 Å². The molecular formula is C16H20N4O. The van der Waals surface area contributed by atoms with E-state index in [-0.39, 0.29) is 11.9 Å². The van der Waals surface area contributed by atoms with E-state index in [2.05, 4.69) is 20.6 Å². The number of hydrogen-bond donors (Lipinski definition) is 2. The molecule has 1 heterocycles. The molecule has 0 atom stereocenters. The Balaban J connectivity index is 2.20. The molecule has 1 amide bonds. The quantitative estimate of drug-likeness (QED) is 0.905. The van der Waals surface area contributed by atoms with Crippen LogP contribution in [-0.2, 0) is 0 Å². The summed E-state index contributed by atoms with van der Waals surface area (Å²) in [7, 11) is 0. The number of anilines is 2. The van der Waals surface area contributed by atoms with Crippen LogP contribution < -0.4 is 10.6 Å². The van der Waals surface area contributed by atoms with E-state index in [9.17, 15) is 4.79 Å². The Hall–Kier alpha value is -2.43. The summed E-state index contributed by atoms with van der Waals surface area (Å²) < 4.78 is 0. The van der Waals surface area contributed by atoms with Gasteiger partial charge in [0.15, 0.2) is 0 Å². The summed E-state index contributed by atoms with van der Waals surface area (Å²) in [5.74, 6) is 0.986. The predicted molar refractivity (Wildman–Crippen MR) is 84.7 cm³/mol. The normalized spacial score (nSPS) is 10.5. The van der Waals surface area contributed by atoms with Crippen LogP contribution in [0.4, 0.5) is 11.5 Å². The topological polar surface area (TPSA) is 66.9 Å². The maximum absolute atomic E-state index is 12.3. The van der Waals surface area contributed by atoms with E-state index >= 15 is 0 Å². The van der Waals surface area contributed by atoms with Gasteiger partial charge in [0.25, 0.3) is 5.91 Å². The molecule has 0 bridgehead atoms. The fourth-order valence-corrected chi connectivity index (χ4v) is 1.97. The second-order valence-electron chi connectivity index (χ2n) is 5.31. The minimum Gasteiger partial charge on any atom is -0.368 e. The summed E-state index contributed by atoms with van der Waals surface area (Å²) in [6.45, 7) is 7.79. The molecule has 2 rings (SSSR count). The number of aromatic nitrogens is 2. The van der Waals surface area contributed by atoms with Crippen LogP contribution in [0.2, 0.25) is 0 Å². The molecule has 21 heavy (non-hydrogen) atoms. The molecule has 0 spiro atoms. The molecule has 0 fully saturated rings. The highest BCUT2D eigenvalue weighted by Crippen LogP contribution is 2.13. The van der Waals surface area contributed by atoms with Crippen molar-refractivity contribution in [3.63, 3.8) is 0 Å². The van der Waals surface area contributed by atoms with E-state index in [1.165, 1.54) is 0 Å². The van der Waals surface area contributed by atoms with Gasteiger partial charge in [-0.2, -0.15) is 0 Å². The van der Waals surface area contributed by atoms with Crippen LogP contribution in [0.5, 0.6) is 0 Å². The SMILES string of the molecule is Cc1cccc(NC(=O)c2cc(NC(C)C)nc(C)n2)c1. The Labute approximate surface area is 124 Å². The second-order valence-corrected chi connectivity index (χ2v) is 5.31. The van der Waals surface area contributed by atoms with Gasteiger partial charge < -0.3 is 10.6 Å². The Morgan fingerprint density at radius 2 is 1.90 bits per heavy atom. The first kappa shape index (κ1) is 15.0. The Bertz CT molecular complexity index is 652. The lowest BCUT2D eigenvalue weighted by atomic mass is 10.2. The lowest BCUT2D eigenvalue weighted by Crippen LogP contribution is -2.17. The lowest BCUT2D eigenvalue weighted by Gasteiger charge is -2.11. The van der Waals surface area contributed by atoms with E-state index in [4.69, 9.17) is 0 Å². The monoisotopic (exact) mass is 284 g/mol. The van der Waals surface area contributed by atoms with Crippen molar-refractivity contribution in [2.24, 2.45) is 0 Å². The predicted octanol–water partition coefficient (Wildman–Crippen LogP) is 3.17. The molecule has 0 radical (unpaired) electrons. The number of hydrogen-bond acceptors (Lipinski definition) is 4. The largest absolute Gasteiger partial charge is 0.368 e. The number of amides is 1. The molecule has 2 N–H and O–H groups in total. The highest BCUT2D eigenvalue weighted by Gasteiger charge is 2.11. The van der Waals surface area contributed by atoms with Gasteiger partial charge in [0.1, 0.15) is 17.3 Å². The van der Waals surface area contributed by atoms with Gasteiger partial charge in [-0.05, 0) is 45.4 Å². The third kappa shape index (κ3) is 4.27. The standard InChI is InChI=1S/C16H20N4O/c1-10(2)17-15-9-14(18-12(4)19-15)16(21)20-13-7-5-6-11(3)8-13/h5-10H,1-4H3,(H,20,21)(H,17,18,19). The van der Waals surface area contributed by atoms with Crippen LogP contribution in [0.3, 0.4) is 0 Å². The lowest BCUT2D eigenvalue weighted by molar-refractivity contribution is 0.102. The average molecular weight is 284 g/mol. The molecule has 2 aromatic rings. The van der Waals surface area contributed by atoms with Crippen LogP contribution in [0.1, 0.15) is 35.7 Å². The van der Waals surface area contributed by atoms with Gasteiger partial charge in [-0.3, -0.25) is 4.79 Å². The summed E-state index contributed by atoms with van der Waals surface area (Å²) >= 11 is 0. The van der Waals surface area contributed by atoms with Gasteiger partial charge in [0, 0.05) is 17.8 Å². The van der Waals surface area contributed by atoms with Crippen molar-refractivity contribution in [2.45, 2.75) is 33.7 Å². The van der Waals surface area contributed by atoms with Crippen molar-refractivity contribution in [1.29, 1.82) is 0 Å². The zero-order chi connectivity index (χ0) is 15.4. The van der Waals surface area contributed by atoms with Crippen molar-refractivity contribution in [3.05, 3.63) is 47.4 Å². The maximum atomic E-state index is 12.3. The highest BCUT2D eigenvalue weighted by atomic mass is 16.1. The van der Waals surface area contributed by atoms with E-state index in [0.717, 1.165) is 11.3 Å². The number of carbonyl (C=O) groups is 1. The maximum Gasteiger partial charge on any atom is 0.274 e. The summed E-state index contributed by atoms with van der Waals surface area (Å²) in [4.78, 5) is 20.8. The first-order chi connectivity index (χ1) is 9.94. The highest BCUT2D eigenvalue weighted by molar-refractivity contribution is 6.03. The summed E-state index contributed by atoms with van der Waals surface area (Å²) in [6, 6.07) is 9.56. The van der Waals surface area contributed by atoms with Gasteiger partial charge in [-0.15, -0.1) is 0 Å². The van der Waals surface area contributed by atoms with Crippen LogP contribution in [-0.4, -0.2) is 21.9 Å². The first-order valence-electron chi connectivity index (χ1n) is 6.94. The zero-order valence-corrected chi connectivity index (χ0v) is 12.8. The van der Waals surface area contributed by atoms with Crippen LogP contribution in [0.15, 0.2) is 30.3 Å². The van der Waals surface area contributed by atoms with Crippen molar-refractivity contribution in [1.82, 2.24) is 9.97 Å². The fraction of sp³-hybridized carbons (Fsp3) is 0.312. The van der Waals surface area contributed by atoms with E-state index in [0.29, 0.717) is 17.3 Å². The Morgan fingerprint density at radius 1 is 1.14 bits per heavy atom. The molecular weight excluding hydrogens is 264 g/mol. The molecule has 110 valence electrons. The van der Waals surface area contributed by atoms with Crippen molar-refractivity contribution in [3.8, 4) is 0 Å². The second kappa shape index (κ2) is 6.35.